The molecule has 2 N–H and O–H groups in total. The summed E-state index contributed by atoms with van der Waals surface area (Å²) in [6, 6.07) is 8.46. The summed E-state index contributed by atoms with van der Waals surface area (Å²) in [6.07, 6.45) is 1.41. The third kappa shape index (κ3) is 4.89. The summed E-state index contributed by atoms with van der Waals surface area (Å²) in [7, 11) is 0. The number of phenols is 1. The molecule has 0 atom stereocenters. The summed E-state index contributed by atoms with van der Waals surface area (Å²) < 4.78 is 5.92. The second-order valence-corrected chi connectivity index (χ2v) is 5.95. The quantitative estimate of drug-likeness (QED) is 0.301. The molecule has 0 unspecified atom stereocenters. The zero-order chi connectivity index (χ0) is 18.4. The summed E-state index contributed by atoms with van der Waals surface area (Å²) in [5, 5.41) is 24.3. The van der Waals surface area contributed by atoms with Crippen LogP contribution in [-0.4, -0.2) is 28.8 Å². The number of amides is 1. The predicted molar refractivity (Wildman–Crippen MR) is 100 cm³/mol. The van der Waals surface area contributed by atoms with E-state index >= 15 is 0 Å². The maximum absolute atomic E-state index is 11.9. The molecular weight excluding hydrogens is 441 g/mol. The number of hydrogen-bond donors (Lipinski definition) is 2. The number of aromatic hydroxyl groups is 1. The third-order valence-electron chi connectivity index (χ3n) is 3.07. The fraction of sp³-hybridized carbons (Fsp3) is 0.125. The van der Waals surface area contributed by atoms with Crippen LogP contribution in [0.3, 0.4) is 0 Å². The molecule has 8 nitrogen and oxygen atoms in total. The number of nitro groups is 1. The second kappa shape index (κ2) is 8.42. The number of benzene rings is 2. The molecule has 25 heavy (non-hydrogen) atoms. The van der Waals surface area contributed by atoms with Crippen LogP contribution in [0.4, 0.5) is 5.69 Å². The van der Waals surface area contributed by atoms with Crippen LogP contribution in [0, 0.1) is 13.7 Å². The number of ether oxygens (including phenoxy) is 1. The molecule has 0 aliphatic carbocycles. The number of nitro benzene ring substituents is 1. The Morgan fingerprint density at radius 3 is 2.68 bits per heavy atom. The lowest BCUT2D eigenvalue weighted by atomic mass is 10.2. The highest BCUT2D eigenvalue weighted by Gasteiger charge is 2.10. The largest absolute Gasteiger partial charge is 0.504 e. The molecule has 2 rings (SSSR count). The van der Waals surface area contributed by atoms with E-state index in [-0.39, 0.29) is 17.0 Å². The Hall–Kier alpha value is -2.69. The summed E-state index contributed by atoms with van der Waals surface area (Å²) in [5.74, 6) is -0.114. The Morgan fingerprint density at radius 1 is 1.40 bits per heavy atom. The molecular formula is C16H14IN3O5. The van der Waals surface area contributed by atoms with Crippen molar-refractivity contribution < 1.29 is 19.6 Å². The smallest absolute Gasteiger partial charge is 0.271 e. The van der Waals surface area contributed by atoms with Crippen molar-refractivity contribution in [3.8, 4) is 11.5 Å². The maximum Gasteiger partial charge on any atom is 0.271 e. The Balaban J connectivity index is 2.07. The van der Waals surface area contributed by atoms with Crippen LogP contribution in [0.2, 0.25) is 0 Å². The van der Waals surface area contributed by atoms with Gasteiger partial charge in [-0.05, 0) is 59.3 Å². The Morgan fingerprint density at radius 2 is 2.08 bits per heavy atom. The van der Waals surface area contributed by atoms with Gasteiger partial charge in [-0.2, -0.15) is 5.10 Å². The van der Waals surface area contributed by atoms with Crippen LogP contribution in [0.5, 0.6) is 11.5 Å². The Labute approximate surface area is 156 Å². The van der Waals surface area contributed by atoms with Crippen molar-refractivity contribution in [2.45, 2.75) is 6.92 Å². The lowest BCUT2D eigenvalue weighted by Crippen LogP contribution is -2.17. The van der Waals surface area contributed by atoms with E-state index < -0.39 is 10.8 Å². The van der Waals surface area contributed by atoms with Gasteiger partial charge >= 0.3 is 0 Å². The van der Waals surface area contributed by atoms with Gasteiger partial charge in [-0.1, -0.05) is 0 Å². The van der Waals surface area contributed by atoms with E-state index in [1.54, 1.807) is 19.1 Å². The molecule has 0 aliphatic rings. The van der Waals surface area contributed by atoms with Crippen molar-refractivity contribution in [1.29, 1.82) is 0 Å². The van der Waals surface area contributed by atoms with Crippen LogP contribution in [0.1, 0.15) is 22.8 Å². The van der Waals surface area contributed by atoms with Gasteiger partial charge in [-0.15, -0.1) is 0 Å². The van der Waals surface area contributed by atoms with Gasteiger partial charge < -0.3 is 9.84 Å². The fourth-order valence-electron chi connectivity index (χ4n) is 1.90. The standard InChI is InChI=1S/C16H14IN3O5/c1-2-25-14-8-10(7-13(17)15(14)21)9-18-19-16(22)11-3-5-12(6-4-11)20(23)24/h3-9,21H,2H2,1H3,(H,19,22). The van der Waals surface area contributed by atoms with Gasteiger partial charge in [0, 0.05) is 17.7 Å². The SMILES string of the molecule is CCOc1cc(C=NNC(=O)c2ccc([N+](=O)[O-])cc2)cc(I)c1O. The van der Waals surface area contributed by atoms with E-state index in [1.165, 1.54) is 30.5 Å². The molecule has 0 spiro atoms. The summed E-state index contributed by atoms with van der Waals surface area (Å²) in [4.78, 5) is 22.0. The van der Waals surface area contributed by atoms with Gasteiger partial charge in [0.15, 0.2) is 11.5 Å². The summed E-state index contributed by atoms with van der Waals surface area (Å²) >= 11 is 1.96. The molecule has 0 aliphatic heterocycles. The molecule has 1 amide bonds. The lowest BCUT2D eigenvalue weighted by Gasteiger charge is -2.08. The minimum absolute atomic E-state index is 0.0505. The van der Waals surface area contributed by atoms with Crippen molar-refractivity contribution in [3.63, 3.8) is 0 Å². The van der Waals surface area contributed by atoms with E-state index in [9.17, 15) is 20.0 Å². The molecule has 2 aromatic carbocycles. The normalized spacial score (nSPS) is 10.6. The lowest BCUT2D eigenvalue weighted by molar-refractivity contribution is -0.384. The Bertz CT molecular complexity index is 821. The van der Waals surface area contributed by atoms with Crippen molar-refractivity contribution in [2.75, 3.05) is 6.61 Å². The molecule has 9 heteroatoms. The van der Waals surface area contributed by atoms with Crippen LogP contribution in [-0.2, 0) is 0 Å². The number of hydrogen-bond acceptors (Lipinski definition) is 6. The highest BCUT2D eigenvalue weighted by atomic mass is 127. The minimum atomic E-state index is -0.539. The van der Waals surface area contributed by atoms with Crippen LogP contribution in [0.15, 0.2) is 41.5 Å². The maximum atomic E-state index is 11.9. The van der Waals surface area contributed by atoms with Crippen molar-refractivity contribution in [1.82, 2.24) is 5.43 Å². The number of carbonyl (C=O) groups is 1. The highest BCUT2D eigenvalue weighted by Crippen LogP contribution is 2.32. The van der Waals surface area contributed by atoms with E-state index in [2.05, 4.69) is 10.5 Å². The number of nitrogens with one attached hydrogen (secondary N) is 1. The monoisotopic (exact) mass is 455 g/mol. The zero-order valence-electron chi connectivity index (χ0n) is 13.1. The molecule has 0 heterocycles. The van der Waals surface area contributed by atoms with Crippen LogP contribution < -0.4 is 10.2 Å². The molecule has 130 valence electrons. The van der Waals surface area contributed by atoms with E-state index in [0.717, 1.165) is 0 Å². The highest BCUT2D eigenvalue weighted by molar-refractivity contribution is 14.1. The topological polar surface area (TPSA) is 114 Å². The molecule has 2 aromatic rings. The van der Waals surface area contributed by atoms with Gasteiger partial charge in [-0.25, -0.2) is 5.43 Å². The summed E-state index contributed by atoms with van der Waals surface area (Å²) in [5.41, 5.74) is 3.12. The average molecular weight is 455 g/mol. The number of halogens is 1. The van der Waals surface area contributed by atoms with Crippen molar-refractivity contribution >= 4 is 40.4 Å². The predicted octanol–water partition coefficient (Wildman–Crippen LogP) is 3.07. The molecule has 0 fully saturated rings. The number of phenolic OH excluding ortho intramolecular Hbond substituents is 1. The van der Waals surface area contributed by atoms with E-state index in [4.69, 9.17) is 4.74 Å². The first-order chi connectivity index (χ1) is 11.9. The van der Waals surface area contributed by atoms with Crippen molar-refractivity contribution in [3.05, 3.63) is 61.2 Å². The van der Waals surface area contributed by atoms with Crippen LogP contribution in [0.25, 0.3) is 0 Å². The van der Waals surface area contributed by atoms with Gasteiger partial charge in [-0.3, -0.25) is 14.9 Å². The minimum Gasteiger partial charge on any atom is -0.504 e. The number of non-ortho nitro benzene ring substituents is 1. The fourth-order valence-corrected chi connectivity index (χ4v) is 2.52. The second-order valence-electron chi connectivity index (χ2n) is 4.79. The molecule has 0 bridgehead atoms. The first-order valence-corrected chi connectivity index (χ1v) is 8.23. The molecule has 0 radical (unpaired) electrons. The Kier molecular flexibility index (Phi) is 6.28. The van der Waals surface area contributed by atoms with E-state index in [1.807, 2.05) is 22.6 Å². The number of hydrazone groups is 1. The van der Waals surface area contributed by atoms with Gasteiger partial charge in [0.25, 0.3) is 11.6 Å². The van der Waals surface area contributed by atoms with Gasteiger partial charge in [0.1, 0.15) is 0 Å². The molecule has 0 saturated heterocycles. The number of nitrogens with zero attached hydrogens (tertiary/aromatic N) is 2. The third-order valence-corrected chi connectivity index (χ3v) is 3.89. The zero-order valence-corrected chi connectivity index (χ0v) is 15.3. The van der Waals surface area contributed by atoms with Crippen molar-refractivity contribution in [2.24, 2.45) is 5.10 Å². The summed E-state index contributed by atoms with van der Waals surface area (Å²) in [6.45, 7) is 2.21. The molecule has 0 saturated carbocycles. The van der Waals surface area contributed by atoms with Gasteiger partial charge in [0.2, 0.25) is 0 Å². The van der Waals surface area contributed by atoms with Gasteiger partial charge in [0.05, 0.1) is 21.3 Å². The number of rotatable bonds is 6. The van der Waals surface area contributed by atoms with E-state index in [0.29, 0.717) is 21.5 Å². The first-order valence-electron chi connectivity index (χ1n) is 7.15. The first kappa shape index (κ1) is 18.6. The average Bonchev–Trinajstić information content (AvgIpc) is 2.59. The number of carbonyl (C=O) groups excluding carboxylic acids is 1. The molecule has 0 aromatic heterocycles. The van der Waals surface area contributed by atoms with Crippen LogP contribution >= 0.6 is 22.6 Å².